The van der Waals surface area contributed by atoms with Gasteiger partial charge in [0.15, 0.2) is 0 Å². The van der Waals surface area contributed by atoms with Gasteiger partial charge in [0.1, 0.15) is 0 Å². The van der Waals surface area contributed by atoms with Gasteiger partial charge in [0.25, 0.3) is 0 Å². The smallest absolute Gasteiger partial charge is 0.0364 e. The van der Waals surface area contributed by atoms with Crippen LogP contribution < -0.4 is 5.32 Å². The highest BCUT2D eigenvalue weighted by atomic mass is 79.9. The maximum absolute atomic E-state index is 3.69. The zero-order valence-corrected chi connectivity index (χ0v) is 15.7. The molecular formula is C18H21Br2N. The van der Waals surface area contributed by atoms with Crippen molar-refractivity contribution in [1.29, 1.82) is 0 Å². The molecule has 2 aromatic rings. The minimum Gasteiger partial charge on any atom is -0.310 e. The summed E-state index contributed by atoms with van der Waals surface area (Å²) in [6.07, 6.45) is 2.12. The first-order valence-electron chi connectivity index (χ1n) is 7.34. The van der Waals surface area contributed by atoms with Gasteiger partial charge in [-0.05, 0) is 61.2 Å². The minimum atomic E-state index is 0.334. The largest absolute Gasteiger partial charge is 0.310 e. The average Bonchev–Trinajstić information content (AvgIpc) is 2.48. The van der Waals surface area contributed by atoms with E-state index in [1.54, 1.807) is 0 Å². The third-order valence-electron chi connectivity index (χ3n) is 3.64. The molecule has 0 heterocycles. The predicted molar refractivity (Wildman–Crippen MR) is 97.8 cm³/mol. The molecule has 1 unspecified atom stereocenters. The Hall–Kier alpha value is -0.640. The fraction of sp³-hybridized carbons (Fsp3) is 0.333. The van der Waals surface area contributed by atoms with Crippen LogP contribution in [0.3, 0.4) is 0 Å². The van der Waals surface area contributed by atoms with E-state index in [9.17, 15) is 0 Å². The van der Waals surface area contributed by atoms with Crippen LogP contribution in [0.1, 0.15) is 36.1 Å². The molecule has 0 aromatic heterocycles. The number of hydrogen-bond acceptors (Lipinski definition) is 1. The molecule has 0 radical (unpaired) electrons. The van der Waals surface area contributed by atoms with E-state index in [4.69, 9.17) is 0 Å². The molecule has 3 heteroatoms. The molecule has 2 rings (SSSR count). The van der Waals surface area contributed by atoms with Crippen molar-refractivity contribution in [3.8, 4) is 0 Å². The number of hydrogen-bond donors (Lipinski definition) is 1. The van der Waals surface area contributed by atoms with Gasteiger partial charge in [-0.25, -0.2) is 0 Å². The first-order valence-corrected chi connectivity index (χ1v) is 8.93. The van der Waals surface area contributed by atoms with Gasteiger partial charge in [-0.15, -0.1) is 0 Å². The van der Waals surface area contributed by atoms with Crippen molar-refractivity contribution in [3.05, 3.63) is 68.1 Å². The Morgan fingerprint density at radius 3 is 2.57 bits per heavy atom. The van der Waals surface area contributed by atoms with Crippen LogP contribution in [-0.4, -0.2) is 6.54 Å². The quantitative estimate of drug-likeness (QED) is 0.634. The van der Waals surface area contributed by atoms with Crippen molar-refractivity contribution in [1.82, 2.24) is 5.32 Å². The fourth-order valence-electron chi connectivity index (χ4n) is 2.48. The van der Waals surface area contributed by atoms with Gasteiger partial charge in [-0.2, -0.15) is 0 Å². The number of rotatable bonds is 6. The maximum atomic E-state index is 3.69. The minimum absolute atomic E-state index is 0.334. The van der Waals surface area contributed by atoms with Gasteiger partial charge in [0.05, 0.1) is 0 Å². The van der Waals surface area contributed by atoms with E-state index in [-0.39, 0.29) is 0 Å². The Bertz CT molecular complexity index is 596. The monoisotopic (exact) mass is 409 g/mol. The molecule has 2 aromatic carbocycles. The number of nitrogens with one attached hydrogen (secondary N) is 1. The van der Waals surface area contributed by atoms with Crippen molar-refractivity contribution < 1.29 is 0 Å². The van der Waals surface area contributed by atoms with Gasteiger partial charge < -0.3 is 5.32 Å². The highest BCUT2D eigenvalue weighted by Crippen LogP contribution is 2.27. The van der Waals surface area contributed by atoms with Gasteiger partial charge in [-0.1, -0.05) is 63.0 Å². The van der Waals surface area contributed by atoms with E-state index in [0.29, 0.717) is 6.04 Å². The van der Waals surface area contributed by atoms with Crippen molar-refractivity contribution in [2.24, 2.45) is 0 Å². The molecule has 0 fully saturated rings. The van der Waals surface area contributed by atoms with Crippen molar-refractivity contribution in [3.63, 3.8) is 0 Å². The third-order valence-corrected chi connectivity index (χ3v) is 4.91. The molecule has 0 saturated carbocycles. The topological polar surface area (TPSA) is 12.0 Å². The summed E-state index contributed by atoms with van der Waals surface area (Å²) in [5.74, 6) is 0. The molecule has 1 N–H and O–H groups in total. The second-order valence-electron chi connectivity index (χ2n) is 5.30. The van der Waals surface area contributed by atoms with Crippen LogP contribution in [0.25, 0.3) is 0 Å². The number of aryl methyl sites for hydroxylation is 1. The summed E-state index contributed by atoms with van der Waals surface area (Å²) in [7, 11) is 0. The van der Waals surface area contributed by atoms with E-state index in [1.807, 2.05) is 0 Å². The lowest BCUT2D eigenvalue weighted by molar-refractivity contribution is 0.526. The van der Waals surface area contributed by atoms with Crippen molar-refractivity contribution in [2.75, 3.05) is 6.54 Å². The zero-order chi connectivity index (χ0) is 15.2. The van der Waals surface area contributed by atoms with Crippen molar-refractivity contribution >= 4 is 31.9 Å². The summed E-state index contributed by atoms with van der Waals surface area (Å²) in [6.45, 7) is 5.42. The highest BCUT2D eigenvalue weighted by Gasteiger charge is 2.15. The maximum Gasteiger partial charge on any atom is 0.0364 e. The molecule has 0 aliphatic carbocycles. The first kappa shape index (κ1) is 16.7. The molecule has 21 heavy (non-hydrogen) atoms. The van der Waals surface area contributed by atoms with Crippen LogP contribution in [0.4, 0.5) is 0 Å². The van der Waals surface area contributed by atoms with Crippen LogP contribution in [0.2, 0.25) is 0 Å². The lowest BCUT2D eigenvalue weighted by Gasteiger charge is -2.22. The highest BCUT2D eigenvalue weighted by molar-refractivity contribution is 9.10. The van der Waals surface area contributed by atoms with E-state index >= 15 is 0 Å². The Balaban J connectivity index is 2.30. The standard InChI is InChI=1S/C18H21Br2N/c1-3-10-21-18(11-14-6-4-5-7-17(14)20)16-12-15(19)9-8-13(16)2/h4-9,12,18,21H,3,10-11H2,1-2H3. The summed E-state index contributed by atoms with van der Waals surface area (Å²) in [6, 6.07) is 15.3. The Labute approximate surface area is 144 Å². The summed E-state index contributed by atoms with van der Waals surface area (Å²) in [5.41, 5.74) is 4.04. The molecule has 1 nitrogen and oxygen atoms in total. The molecule has 0 spiro atoms. The van der Waals surface area contributed by atoms with Crippen LogP contribution in [-0.2, 0) is 6.42 Å². The molecule has 0 aliphatic rings. The summed E-state index contributed by atoms with van der Waals surface area (Å²) < 4.78 is 2.32. The molecule has 0 amide bonds. The van der Waals surface area contributed by atoms with Gasteiger partial charge >= 0.3 is 0 Å². The second-order valence-corrected chi connectivity index (χ2v) is 7.07. The number of benzene rings is 2. The lowest BCUT2D eigenvalue weighted by atomic mass is 9.95. The van der Waals surface area contributed by atoms with Crippen LogP contribution in [0.15, 0.2) is 51.4 Å². The molecule has 1 atom stereocenters. The molecule has 0 aliphatic heterocycles. The van der Waals surface area contributed by atoms with E-state index in [1.165, 1.54) is 21.2 Å². The molecular weight excluding hydrogens is 390 g/mol. The summed E-state index contributed by atoms with van der Waals surface area (Å²) in [4.78, 5) is 0. The van der Waals surface area contributed by atoms with Gasteiger partial charge in [0.2, 0.25) is 0 Å². The van der Waals surface area contributed by atoms with Gasteiger partial charge in [-0.3, -0.25) is 0 Å². The van der Waals surface area contributed by atoms with E-state index in [2.05, 4.69) is 93.5 Å². The SMILES string of the molecule is CCCNC(Cc1ccccc1Br)c1cc(Br)ccc1C. The Kier molecular flexibility index (Phi) is 6.46. The summed E-state index contributed by atoms with van der Waals surface area (Å²) in [5, 5.41) is 3.69. The van der Waals surface area contributed by atoms with Crippen molar-refractivity contribution in [2.45, 2.75) is 32.7 Å². The first-order chi connectivity index (χ1) is 10.1. The molecule has 0 saturated heterocycles. The second kappa shape index (κ2) is 8.11. The van der Waals surface area contributed by atoms with Crippen LogP contribution >= 0.6 is 31.9 Å². The molecule has 0 bridgehead atoms. The lowest BCUT2D eigenvalue weighted by Crippen LogP contribution is -2.25. The van der Waals surface area contributed by atoms with Crippen LogP contribution in [0.5, 0.6) is 0 Å². The zero-order valence-electron chi connectivity index (χ0n) is 12.5. The predicted octanol–water partition coefficient (Wildman–Crippen LogP) is 5.80. The Morgan fingerprint density at radius 2 is 1.86 bits per heavy atom. The van der Waals surface area contributed by atoms with Gasteiger partial charge in [0, 0.05) is 15.0 Å². The molecule has 112 valence electrons. The van der Waals surface area contributed by atoms with Crippen LogP contribution in [0, 0.1) is 6.92 Å². The average molecular weight is 411 g/mol. The fourth-order valence-corrected chi connectivity index (χ4v) is 3.31. The summed E-state index contributed by atoms with van der Waals surface area (Å²) >= 11 is 7.26. The third kappa shape index (κ3) is 4.67. The van der Waals surface area contributed by atoms with E-state index in [0.717, 1.165) is 23.9 Å². The number of halogens is 2. The Morgan fingerprint density at radius 1 is 1.10 bits per heavy atom. The van der Waals surface area contributed by atoms with E-state index < -0.39 is 0 Å². The normalized spacial score (nSPS) is 12.4.